The van der Waals surface area contributed by atoms with Gasteiger partial charge < -0.3 is 20.3 Å². The van der Waals surface area contributed by atoms with E-state index < -0.39 is 11.6 Å². The van der Waals surface area contributed by atoms with E-state index in [0.717, 1.165) is 37.8 Å². The number of nitrogens with one attached hydrogen (secondary N) is 2. The molecule has 2 heterocycles. The third kappa shape index (κ3) is 4.49. The molecule has 0 bridgehead atoms. The van der Waals surface area contributed by atoms with Crippen LogP contribution in [0.4, 0.5) is 14.6 Å². The van der Waals surface area contributed by atoms with Crippen LogP contribution in [0, 0.1) is 17.6 Å². The van der Waals surface area contributed by atoms with E-state index >= 15 is 8.78 Å². The zero-order valence-electron chi connectivity index (χ0n) is 21.4. The third-order valence-corrected chi connectivity index (χ3v) is 8.08. The van der Waals surface area contributed by atoms with Crippen molar-refractivity contribution < 1.29 is 18.3 Å². The molecule has 3 aliphatic rings. The van der Waals surface area contributed by atoms with Gasteiger partial charge in [-0.3, -0.25) is 4.79 Å². The van der Waals surface area contributed by atoms with Crippen molar-refractivity contribution in [3.8, 4) is 17.1 Å². The second-order valence-corrected chi connectivity index (χ2v) is 10.5. The van der Waals surface area contributed by atoms with Crippen molar-refractivity contribution in [3.63, 3.8) is 0 Å². The van der Waals surface area contributed by atoms with Gasteiger partial charge in [-0.25, -0.2) is 8.78 Å². The first-order chi connectivity index (χ1) is 18.4. The average molecular weight is 520 g/mol. The average Bonchev–Trinajstić information content (AvgIpc) is 3.38. The molecular formula is C29H31F2N5O2. The molecule has 7 nitrogen and oxygen atoms in total. The number of hydrogen-bond donors (Lipinski definition) is 2. The number of anilines is 1. The van der Waals surface area contributed by atoms with Crippen molar-refractivity contribution in [1.82, 2.24) is 20.2 Å². The Morgan fingerprint density at radius 3 is 2.95 bits per heavy atom. The largest absolute Gasteiger partial charge is 0.462 e. The number of benzene rings is 2. The summed E-state index contributed by atoms with van der Waals surface area (Å²) in [6.45, 7) is 5.37. The second-order valence-electron chi connectivity index (χ2n) is 10.5. The molecule has 1 amide bonds. The Balaban J connectivity index is 1.38. The van der Waals surface area contributed by atoms with Crippen LogP contribution in [0.1, 0.15) is 36.3 Å². The molecule has 0 spiro atoms. The zero-order valence-corrected chi connectivity index (χ0v) is 21.4. The first-order valence-electron chi connectivity index (χ1n) is 13.2. The van der Waals surface area contributed by atoms with E-state index in [1.807, 2.05) is 19.2 Å². The predicted octanol–water partition coefficient (Wildman–Crippen LogP) is 4.42. The summed E-state index contributed by atoms with van der Waals surface area (Å²) < 4.78 is 37.9. The van der Waals surface area contributed by atoms with Crippen molar-refractivity contribution in [2.45, 2.75) is 37.6 Å². The van der Waals surface area contributed by atoms with Crippen LogP contribution in [0.15, 0.2) is 36.9 Å². The van der Waals surface area contributed by atoms with Gasteiger partial charge in [-0.05, 0) is 79.9 Å². The van der Waals surface area contributed by atoms with Gasteiger partial charge in [0.25, 0.3) is 0 Å². The monoisotopic (exact) mass is 519 g/mol. The first kappa shape index (κ1) is 24.7. The quantitative estimate of drug-likeness (QED) is 0.322. The lowest BCUT2D eigenvalue weighted by Crippen LogP contribution is -2.31. The molecule has 3 aromatic rings. The first-order valence-corrected chi connectivity index (χ1v) is 13.2. The number of fused-ring (bicyclic) bond motifs is 4. The van der Waals surface area contributed by atoms with Gasteiger partial charge in [0.2, 0.25) is 5.91 Å². The molecule has 1 aromatic heterocycles. The number of halogens is 2. The number of likely N-dealkylation sites (tertiary alicyclic amines) is 1. The van der Waals surface area contributed by atoms with Gasteiger partial charge in [0.1, 0.15) is 23.8 Å². The van der Waals surface area contributed by atoms with Crippen LogP contribution >= 0.6 is 0 Å². The van der Waals surface area contributed by atoms with E-state index in [4.69, 9.17) is 4.74 Å². The number of nitrogens with zero attached hydrogens (tertiary/aromatic N) is 3. The van der Waals surface area contributed by atoms with Crippen LogP contribution in [0.25, 0.3) is 22.0 Å². The van der Waals surface area contributed by atoms with Gasteiger partial charge in [-0.1, -0.05) is 24.8 Å². The molecule has 1 saturated heterocycles. The summed E-state index contributed by atoms with van der Waals surface area (Å²) in [6.07, 6.45) is 5.32. The van der Waals surface area contributed by atoms with Crippen molar-refractivity contribution >= 4 is 22.6 Å². The van der Waals surface area contributed by atoms with Crippen molar-refractivity contribution in [2.75, 3.05) is 38.6 Å². The second kappa shape index (κ2) is 9.94. The maximum absolute atomic E-state index is 16.2. The molecule has 38 heavy (non-hydrogen) atoms. The predicted molar refractivity (Wildman–Crippen MR) is 142 cm³/mol. The highest BCUT2D eigenvalue weighted by Gasteiger charge is 2.46. The number of aromatic nitrogens is 2. The SMILES string of the molecule is C=CC(=O)NCCNc1nc(OC[C@@H]2CCCN2C)nc2c(F)c(-c3cccc4c3C3CC3C4)c(F)cc12. The molecule has 0 radical (unpaired) electrons. The minimum Gasteiger partial charge on any atom is -0.462 e. The van der Waals surface area contributed by atoms with Crippen molar-refractivity contribution in [1.29, 1.82) is 0 Å². The minimum absolute atomic E-state index is 0.00625. The van der Waals surface area contributed by atoms with Crippen molar-refractivity contribution in [3.05, 3.63) is 59.7 Å². The van der Waals surface area contributed by atoms with Gasteiger partial charge in [-0.2, -0.15) is 9.97 Å². The Labute approximate surface area is 220 Å². The molecule has 2 N–H and O–H groups in total. The summed E-state index contributed by atoms with van der Waals surface area (Å²) in [5.74, 6) is -0.453. The van der Waals surface area contributed by atoms with Crippen LogP contribution < -0.4 is 15.4 Å². The van der Waals surface area contributed by atoms with Crippen molar-refractivity contribution in [2.24, 2.45) is 5.92 Å². The standard InChI is InChI=1S/C29H31F2N5O2/c1-3-23(37)32-9-10-33-28-21-14-22(30)25(19-8-4-6-16-12-17-13-20(17)24(16)19)26(31)27(21)34-29(35-28)38-15-18-7-5-11-36(18)2/h3-4,6,8,14,17-18,20H,1,5,7,9-13,15H2,2H3,(H,32,37)(H,33,34,35)/t17?,18-,20?/m0/s1. The van der Waals surface area contributed by atoms with E-state index in [1.165, 1.54) is 17.7 Å². The molecule has 2 aliphatic carbocycles. The number of amides is 1. The number of hydrogen-bond acceptors (Lipinski definition) is 6. The van der Waals surface area contributed by atoms with E-state index in [2.05, 4.69) is 38.1 Å². The van der Waals surface area contributed by atoms with Gasteiger partial charge in [0.15, 0.2) is 5.82 Å². The molecule has 6 rings (SSSR count). The van der Waals surface area contributed by atoms with Gasteiger partial charge in [0.05, 0.1) is 5.56 Å². The molecule has 2 unspecified atom stereocenters. The Morgan fingerprint density at radius 2 is 2.16 bits per heavy atom. The summed E-state index contributed by atoms with van der Waals surface area (Å²) in [5.41, 5.74) is 2.82. The number of carbonyl (C=O) groups is 1. The highest BCUT2D eigenvalue weighted by Crippen LogP contribution is 2.59. The topological polar surface area (TPSA) is 79.4 Å². The van der Waals surface area contributed by atoms with Gasteiger partial charge in [0, 0.05) is 24.5 Å². The van der Waals surface area contributed by atoms with Crippen LogP contribution in [0.5, 0.6) is 6.01 Å². The van der Waals surface area contributed by atoms with Gasteiger partial charge >= 0.3 is 6.01 Å². The molecule has 9 heteroatoms. The Hall–Kier alpha value is -3.59. The molecule has 1 saturated carbocycles. The lowest BCUT2D eigenvalue weighted by Gasteiger charge is -2.20. The number of carbonyl (C=O) groups excluding carboxylic acids is 1. The molecule has 2 aromatic carbocycles. The maximum Gasteiger partial charge on any atom is 0.319 e. The summed E-state index contributed by atoms with van der Waals surface area (Å²) in [7, 11) is 2.05. The fourth-order valence-corrected chi connectivity index (χ4v) is 5.98. The Kier molecular flexibility index (Phi) is 6.47. The van der Waals surface area contributed by atoms with E-state index in [-0.39, 0.29) is 53.3 Å². The lowest BCUT2D eigenvalue weighted by atomic mass is 9.93. The van der Waals surface area contributed by atoms with Crippen LogP contribution in [-0.4, -0.2) is 60.1 Å². The Bertz CT molecular complexity index is 1430. The van der Waals surface area contributed by atoms with Gasteiger partial charge in [-0.15, -0.1) is 0 Å². The minimum atomic E-state index is -0.717. The van der Waals surface area contributed by atoms with E-state index in [9.17, 15) is 4.79 Å². The maximum atomic E-state index is 16.2. The molecular weight excluding hydrogens is 488 g/mol. The van der Waals surface area contributed by atoms with E-state index in [0.29, 0.717) is 24.0 Å². The Morgan fingerprint density at radius 1 is 1.29 bits per heavy atom. The summed E-state index contributed by atoms with van der Waals surface area (Å²) in [4.78, 5) is 22.6. The van der Waals surface area contributed by atoms with Crippen LogP contribution in [0.2, 0.25) is 0 Å². The molecule has 198 valence electrons. The zero-order chi connectivity index (χ0) is 26.4. The number of rotatable bonds is 9. The highest BCUT2D eigenvalue weighted by atomic mass is 19.1. The summed E-state index contributed by atoms with van der Waals surface area (Å²) in [5, 5.41) is 5.98. The van der Waals surface area contributed by atoms with E-state index in [1.54, 1.807) is 0 Å². The number of ether oxygens (including phenoxy) is 1. The lowest BCUT2D eigenvalue weighted by molar-refractivity contribution is -0.116. The fraction of sp³-hybridized carbons (Fsp3) is 0.414. The highest BCUT2D eigenvalue weighted by molar-refractivity contribution is 5.94. The summed E-state index contributed by atoms with van der Waals surface area (Å²) in [6, 6.07) is 7.30. The third-order valence-electron chi connectivity index (χ3n) is 8.08. The summed E-state index contributed by atoms with van der Waals surface area (Å²) >= 11 is 0. The molecule has 2 fully saturated rings. The smallest absolute Gasteiger partial charge is 0.319 e. The fourth-order valence-electron chi connectivity index (χ4n) is 5.98. The normalized spacial score (nSPS) is 21.7. The number of likely N-dealkylation sites (N-methyl/N-ethyl adjacent to an activating group) is 1. The molecule has 1 aliphatic heterocycles. The molecule has 3 atom stereocenters. The van der Waals surface area contributed by atoms with Crippen LogP contribution in [-0.2, 0) is 11.2 Å². The van der Waals surface area contributed by atoms with Crippen LogP contribution in [0.3, 0.4) is 0 Å².